The highest BCUT2D eigenvalue weighted by Gasteiger charge is 2.26. The molecule has 178 valence electrons. The van der Waals surface area contributed by atoms with Crippen LogP contribution in [0.3, 0.4) is 0 Å². The number of nitrogens with one attached hydrogen (secondary N) is 1. The number of carbonyl (C=O) groups is 1. The minimum absolute atomic E-state index is 0.0225. The molecule has 1 N–H and O–H groups in total. The molecule has 1 aliphatic heterocycles. The Kier molecular flexibility index (Phi) is 6.03. The van der Waals surface area contributed by atoms with E-state index in [1.54, 1.807) is 30.1 Å². The Morgan fingerprint density at radius 2 is 1.88 bits per heavy atom. The van der Waals surface area contributed by atoms with E-state index in [4.69, 9.17) is 0 Å². The first kappa shape index (κ1) is 22.5. The molecule has 3 heterocycles. The molecule has 5 rings (SSSR count). The van der Waals surface area contributed by atoms with Crippen molar-refractivity contribution in [1.82, 2.24) is 30.2 Å². The standard InChI is InChI=1S/C25H30FN7O/c1-16-10-22(26)21(25(34)28-18-4-5-18)12-24(16)33-15-23(29-30-33)17-11-20(14-27-13-17)32-8-6-19(7-9-32)31(2)3/h10-15,18-19H,4-9H2,1-3H3,(H,28,34). The normalized spacial score (nSPS) is 16.8. The van der Waals surface area contributed by atoms with E-state index in [-0.39, 0.29) is 11.6 Å². The van der Waals surface area contributed by atoms with Crippen LogP contribution < -0.4 is 10.2 Å². The first-order valence-electron chi connectivity index (χ1n) is 11.8. The molecule has 0 bridgehead atoms. The predicted molar refractivity (Wildman–Crippen MR) is 129 cm³/mol. The van der Waals surface area contributed by atoms with Crippen LogP contribution in [-0.2, 0) is 0 Å². The molecule has 0 unspecified atom stereocenters. The lowest BCUT2D eigenvalue weighted by molar-refractivity contribution is 0.0947. The predicted octanol–water partition coefficient (Wildman–Crippen LogP) is 3.20. The molecule has 1 saturated carbocycles. The summed E-state index contributed by atoms with van der Waals surface area (Å²) in [6.07, 6.45) is 9.58. The van der Waals surface area contributed by atoms with Gasteiger partial charge in [0.05, 0.1) is 29.3 Å². The van der Waals surface area contributed by atoms with Crippen molar-refractivity contribution in [1.29, 1.82) is 0 Å². The zero-order valence-electron chi connectivity index (χ0n) is 19.8. The van der Waals surface area contributed by atoms with Crippen LogP contribution in [0.2, 0.25) is 0 Å². The number of aromatic nitrogens is 4. The first-order valence-corrected chi connectivity index (χ1v) is 11.8. The molecule has 9 heteroatoms. The van der Waals surface area contributed by atoms with E-state index in [2.05, 4.69) is 50.6 Å². The van der Waals surface area contributed by atoms with Crippen LogP contribution in [0.4, 0.5) is 10.1 Å². The molecule has 1 amide bonds. The van der Waals surface area contributed by atoms with Gasteiger partial charge in [-0.2, -0.15) is 0 Å². The van der Waals surface area contributed by atoms with Crippen LogP contribution in [0.1, 0.15) is 41.6 Å². The molecular formula is C25H30FN7O. The van der Waals surface area contributed by atoms with Gasteiger partial charge in [0.2, 0.25) is 0 Å². The summed E-state index contributed by atoms with van der Waals surface area (Å²) in [6, 6.07) is 5.77. The smallest absolute Gasteiger partial charge is 0.254 e. The van der Waals surface area contributed by atoms with Crippen molar-refractivity contribution in [2.45, 2.75) is 44.7 Å². The lowest BCUT2D eigenvalue weighted by Crippen LogP contribution is -2.42. The summed E-state index contributed by atoms with van der Waals surface area (Å²) in [7, 11) is 4.27. The molecule has 1 aromatic carbocycles. The van der Waals surface area contributed by atoms with Gasteiger partial charge in [-0.1, -0.05) is 5.21 Å². The van der Waals surface area contributed by atoms with Gasteiger partial charge < -0.3 is 15.1 Å². The molecule has 1 aliphatic carbocycles. The highest BCUT2D eigenvalue weighted by atomic mass is 19.1. The van der Waals surface area contributed by atoms with Gasteiger partial charge in [-0.3, -0.25) is 9.78 Å². The Morgan fingerprint density at radius 1 is 1.12 bits per heavy atom. The highest BCUT2D eigenvalue weighted by Crippen LogP contribution is 2.27. The van der Waals surface area contributed by atoms with Crippen molar-refractivity contribution < 1.29 is 9.18 Å². The third kappa shape index (κ3) is 4.65. The summed E-state index contributed by atoms with van der Waals surface area (Å²) in [6.45, 7) is 3.77. The quantitative estimate of drug-likeness (QED) is 0.605. The van der Waals surface area contributed by atoms with E-state index >= 15 is 0 Å². The topological polar surface area (TPSA) is 79.2 Å². The number of rotatable bonds is 6. The molecule has 0 spiro atoms. The fraction of sp³-hybridized carbons (Fsp3) is 0.440. The van der Waals surface area contributed by atoms with Crippen molar-refractivity contribution in [2.24, 2.45) is 0 Å². The third-order valence-electron chi connectivity index (χ3n) is 6.76. The van der Waals surface area contributed by atoms with E-state index in [9.17, 15) is 9.18 Å². The number of anilines is 1. The summed E-state index contributed by atoms with van der Waals surface area (Å²) in [5.41, 5.74) is 3.93. The highest BCUT2D eigenvalue weighted by molar-refractivity contribution is 5.95. The Balaban J connectivity index is 1.37. The van der Waals surface area contributed by atoms with Crippen LogP contribution in [0.25, 0.3) is 16.9 Å². The Hall–Kier alpha value is -3.33. The summed E-state index contributed by atoms with van der Waals surface area (Å²) < 4.78 is 16.1. The van der Waals surface area contributed by atoms with Crippen molar-refractivity contribution >= 4 is 11.6 Å². The van der Waals surface area contributed by atoms with Crippen LogP contribution in [-0.4, -0.2) is 70.1 Å². The van der Waals surface area contributed by atoms with E-state index in [0.29, 0.717) is 23.0 Å². The van der Waals surface area contributed by atoms with Crippen molar-refractivity contribution in [3.63, 3.8) is 0 Å². The summed E-state index contributed by atoms with van der Waals surface area (Å²) in [5, 5.41) is 11.4. The fourth-order valence-electron chi connectivity index (χ4n) is 4.47. The zero-order chi connectivity index (χ0) is 23.8. The second-order valence-electron chi connectivity index (χ2n) is 9.53. The van der Waals surface area contributed by atoms with Gasteiger partial charge in [0.15, 0.2) is 0 Å². The van der Waals surface area contributed by atoms with Gasteiger partial charge >= 0.3 is 0 Å². The van der Waals surface area contributed by atoms with Crippen molar-refractivity contribution in [3.05, 3.63) is 53.7 Å². The SMILES string of the molecule is Cc1cc(F)c(C(=O)NC2CC2)cc1-n1cc(-c2cncc(N3CCC(N(C)C)CC3)c2)nn1. The number of pyridine rings is 1. The third-order valence-corrected chi connectivity index (χ3v) is 6.76. The van der Waals surface area contributed by atoms with E-state index < -0.39 is 11.7 Å². The number of amides is 1. The first-order chi connectivity index (χ1) is 16.4. The number of piperidine rings is 1. The van der Waals surface area contributed by atoms with Gasteiger partial charge in [0, 0.05) is 36.9 Å². The zero-order valence-corrected chi connectivity index (χ0v) is 19.8. The van der Waals surface area contributed by atoms with Gasteiger partial charge in [-0.25, -0.2) is 9.07 Å². The van der Waals surface area contributed by atoms with Crippen LogP contribution in [0, 0.1) is 12.7 Å². The van der Waals surface area contributed by atoms with E-state index in [1.807, 2.05) is 6.20 Å². The van der Waals surface area contributed by atoms with E-state index in [0.717, 1.165) is 50.0 Å². The number of benzene rings is 1. The summed E-state index contributed by atoms with van der Waals surface area (Å²) in [5.74, 6) is -0.925. The lowest BCUT2D eigenvalue weighted by Gasteiger charge is -2.36. The minimum atomic E-state index is -0.533. The molecule has 2 fully saturated rings. The number of hydrogen-bond donors (Lipinski definition) is 1. The second kappa shape index (κ2) is 9.13. The van der Waals surface area contributed by atoms with E-state index in [1.165, 1.54) is 6.07 Å². The van der Waals surface area contributed by atoms with Crippen LogP contribution >= 0.6 is 0 Å². The molecule has 3 aromatic rings. The van der Waals surface area contributed by atoms with Gasteiger partial charge in [0.25, 0.3) is 5.91 Å². The maximum absolute atomic E-state index is 14.5. The van der Waals surface area contributed by atoms with Gasteiger partial charge in [-0.15, -0.1) is 5.10 Å². The summed E-state index contributed by atoms with van der Waals surface area (Å²) >= 11 is 0. The van der Waals surface area contributed by atoms with Gasteiger partial charge in [0.1, 0.15) is 11.5 Å². The fourth-order valence-corrected chi connectivity index (χ4v) is 4.47. The van der Waals surface area contributed by atoms with Crippen molar-refractivity contribution in [3.8, 4) is 16.9 Å². The average molecular weight is 464 g/mol. The maximum atomic E-state index is 14.5. The number of carbonyl (C=O) groups excluding carboxylic acids is 1. The number of halogens is 1. The molecular weight excluding hydrogens is 433 g/mol. The Bertz CT molecular complexity index is 1200. The molecule has 0 atom stereocenters. The monoisotopic (exact) mass is 463 g/mol. The molecule has 1 saturated heterocycles. The molecule has 0 radical (unpaired) electrons. The minimum Gasteiger partial charge on any atom is -0.370 e. The molecule has 2 aromatic heterocycles. The Labute approximate surface area is 198 Å². The summed E-state index contributed by atoms with van der Waals surface area (Å²) in [4.78, 5) is 21.6. The molecule has 34 heavy (non-hydrogen) atoms. The largest absolute Gasteiger partial charge is 0.370 e. The number of nitrogens with zero attached hydrogens (tertiary/aromatic N) is 6. The van der Waals surface area contributed by atoms with Gasteiger partial charge in [-0.05, 0) is 70.5 Å². The maximum Gasteiger partial charge on any atom is 0.254 e. The number of aryl methyl sites for hydroxylation is 1. The lowest BCUT2D eigenvalue weighted by atomic mass is 10.0. The van der Waals surface area contributed by atoms with Crippen LogP contribution in [0.5, 0.6) is 0 Å². The number of hydrogen-bond acceptors (Lipinski definition) is 6. The van der Waals surface area contributed by atoms with Crippen molar-refractivity contribution in [2.75, 3.05) is 32.1 Å². The molecule has 2 aliphatic rings. The second-order valence-corrected chi connectivity index (χ2v) is 9.53. The molecule has 8 nitrogen and oxygen atoms in total. The Morgan fingerprint density at radius 3 is 2.59 bits per heavy atom. The average Bonchev–Trinajstić information content (AvgIpc) is 3.51. The van der Waals surface area contributed by atoms with Crippen LogP contribution in [0.15, 0.2) is 36.8 Å².